The minimum absolute atomic E-state index is 0.0711. The second-order valence-electron chi connectivity index (χ2n) is 6.78. The lowest BCUT2D eigenvalue weighted by atomic mass is 10.2. The summed E-state index contributed by atoms with van der Waals surface area (Å²) in [6.45, 7) is -0.660. The Morgan fingerprint density at radius 3 is 2.38 bits per heavy atom. The number of halogens is 2. The van der Waals surface area contributed by atoms with Crippen molar-refractivity contribution in [2.24, 2.45) is 0 Å². The molecule has 1 aliphatic rings. The van der Waals surface area contributed by atoms with Gasteiger partial charge in [0.25, 0.3) is 22.4 Å². The highest BCUT2D eigenvalue weighted by atomic mass is 32.2. The molecule has 3 rings (SSSR count). The molecule has 0 saturated heterocycles. The molecular weight excluding hydrogens is 402 g/mol. The summed E-state index contributed by atoms with van der Waals surface area (Å²) in [6, 6.07) is 11.8. The van der Waals surface area contributed by atoms with Crippen molar-refractivity contribution in [1.29, 1.82) is 0 Å². The van der Waals surface area contributed by atoms with Crippen LogP contribution in [0.2, 0.25) is 0 Å². The van der Waals surface area contributed by atoms with Crippen molar-refractivity contribution < 1.29 is 26.7 Å². The van der Waals surface area contributed by atoms with Gasteiger partial charge in [-0.3, -0.25) is 9.10 Å². The molecule has 1 amide bonds. The van der Waals surface area contributed by atoms with Gasteiger partial charge in [0.05, 0.1) is 24.2 Å². The van der Waals surface area contributed by atoms with Crippen LogP contribution in [0.15, 0.2) is 53.4 Å². The smallest absolute Gasteiger partial charge is 0.264 e. The van der Waals surface area contributed by atoms with Crippen molar-refractivity contribution in [3.8, 4) is 5.75 Å². The zero-order chi connectivity index (χ0) is 21.2. The SMILES string of the molecule is COc1ccc(N(C)S(=O)(=O)c2cccc(C(=O)N(CC(F)F)C3CC3)c2)cc1. The van der Waals surface area contributed by atoms with E-state index < -0.39 is 28.9 Å². The summed E-state index contributed by atoms with van der Waals surface area (Å²) in [6.07, 6.45) is -1.29. The third-order valence-corrected chi connectivity index (χ3v) is 6.54. The largest absolute Gasteiger partial charge is 0.497 e. The topological polar surface area (TPSA) is 66.9 Å². The van der Waals surface area contributed by atoms with Crippen LogP contribution < -0.4 is 9.04 Å². The van der Waals surface area contributed by atoms with Gasteiger partial charge in [-0.2, -0.15) is 0 Å². The highest BCUT2D eigenvalue weighted by molar-refractivity contribution is 7.92. The van der Waals surface area contributed by atoms with Crippen LogP contribution >= 0.6 is 0 Å². The van der Waals surface area contributed by atoms with E-state index in [4.69, 9.17) is 4.74 Å². The number of ether oxygens (including phenoxy) is 1. The molecule has 9 heteroatoms. The first-order chi connectivity index (χ1) is 13.7. The van der Waals surface area contributed by atoms with Crippen molar-refractivity contribution in [1.82, 2.24) is 4.90 Å². The standard InChI is InChI=1S/C20H22F2N2O4S/c1-23(15-8-10-17(28-2)11-9-15)29(26,27)18-5-3-4-14(12-18)20(25)24(13-19(21)22)16-6-7-16/h3-5,8-12,16,19H,6-7,13H2,1-2H3. The van der Waals surface area contributed by atoms with Crippen LogP contribution in [0.1, 0.15) is 23.2 Å². The average Bonchev–Trinajstić information content (AvgIpc) is 3.56. The Kier molecular flexibility index (Phi) is 6.07. The molecule has 0 bridgehead atoms. The van der Waals surface area contributed by atoms with Crippen molar-refractivity contribution in [3.05, 3.63) is 54.1 Å². The molecule has 1 aliphatic carbocycles. The average molecular weight is 424 g/mol. The first-order valence-corrected chi connectivity index (χ1v) is 10.5. The Bertz CT molecular complexity index is 976. The van der Waals surface area contributed by atoms with E-state index >= 15 is 0 Å². The molecule has 1 fully saturated rings. The van der Waals surface area contributed by atoms with Crippen LogP contribution in [0.25, 0.3) is 0 Å². The number of anilines is 1. The lowest BCUT2D eigenvalue weighted by Crippen LogP contribution is -2.37. The highest BCUT2D eigenvalue weighted by Crippen LogP contribution is 2.30. The van der Waals surface area contributed by atoms with Gasteiger partial charge >= 0.3 is 0 Å². The molecular formula is C20H22F2N2O4S. The van der Waals surface area contributed by atoms with E-state index in [1.807, 2.05) is 0 Å². The molecule has 0 aliphatic heterocycles. The van der Waals surface area contributed by atoms with E-state index in [0.29, 0.717) is 24.3 Å². The number of amides is 1. The summed E-state index contributed by atoms with van der Waals surface area (Å²) in [7, 11) is -1.03. The molecule has 0 radical (unpaired) electrons. The van der Waals surface area contributed by atoms with Crippen LogP contribution in [0.5, 0.6) is 5.75 Å². The van der Waals surface area contributed by atoms with Gasteiger partial charge in [-0.25, -0.2) is 17.2 Å². The lowest BCUT2D eigenvalue weighted by molar-refractivity contribution is 0.0534. The van der Waals surface area contributed by atoms with E-state index in [-0.39, 0.29) is 16.5 Å². The van der Waals surface area contributed by atoms with Gasteiger partial charge in [-0.05, 0) is 55.3 Å². The fraction of sp³-hybridized carbons (Fsp3) is 0.350. The monoisotopic (exact) mass is 424 g/mol. The van der Waals surface area contributed by atoms with Crippen LogP contribution in [-0.2, 0) is 10.0 Å². The number of sulfonamides is 1. The summed E-state index contributed by atoms with van der Waals surface area (Å²) in [5.74, 6) is 0.00305. The molecule has 2 aromatic carbocycles. The van der Waals surface area contributed by atoms with Gasteiger partial charge in [-0.15, -0.1) is 0 Å². The van der Waals surface area contributed by atoms with Crippen LogP contribution in [0.4, 0.5) is 14.5 Å². The van der Waals surface area contributed by atoms with Gasteiger partial charge in [0.15, 0.2) is 0 Å². The Morgan fingerprint density at radius 2 is 1.83 bits per heavy atom. The maximum Gasteiger partial charge on any atom is 0.264 e. The zero-order valence-corrected chi connectivity index (χ0v) is 16.9. The lowest BCUT2D eigenvalue weighted by Gasteiger charge is -2.23. The maximum absolute atomic E-state index is 13.0. The molecule has 0 aromatic heterocycles. The van der Waals surface area contributed by atoms with Gasteiger partial charge in [0.2, 0.25) is 0 Å². The zero-order valence-electron chi connectivity index (χ0n) is 16.1. The van der Waals surface area contributed by atoms with Gasteiger partial charge < -0.3 is 9.64 Å². The number of carbonyl (C=O) groups excluding carboxylic acids is 1. The summed E-state index contributed by atoms with van der Waals surface area (Å²) in [5, 5.41) is 0. The number of rotatable bonds is 8. The van der Waals surface area contributed by atoms with Crippen molar-refractivity contribution in [2.45, 2.75) is 30.2 Å². The first-order valence-electron chi connectivity index (χ1n) is 9.06. The number of hydrogen-bond acceptors (Lipinski definition) is 4. The second-order valence-corrected chi connectivity index (χ2v) is 8.75. The number of alkyl halides is 2. The molecule has 0 N–H and O–H groups in total. The maximum atomic E-state index is 13.0. The van der Waals surface area contributed by atoms with Gasteiger partial charge in [0, 0.05) is 18.7 Å². The molecule has 156 valence electrons. The number of carbonyl (C=O) groups is 1. The fourth-order valence-corrected chi connectivity index (χ4v) is 4.22. The highest BCUT2D eigenvalue weighted by Gasteiger charge is 2.35. The number of nitrogens with zero attached hydrogens (tertiary/aromatic N) is 2. The minimum Gasteiger partial charge on any atom is -0.497 e. The number of methoxy groups -OCH3 is 1. The van der Waals surface area contributed by atoms with Crippen LogP contribution in [-0.4, -0.2) is 52.4 Å². The summed E-state index contributed by atoms with van der Waals surface area (Å²) in [4.78, 5) is 13.8. The predicted octanol–water partition coefficient (Wildman–Crippen LogP) is 3.39. The summed E-state index contributed by atoms with van der Waals surface area (Å²) >= 11 is 0. The summed E-state index contributed by atoms with van der Waals surface area (Å²) in [5.41, 5.74) is 0.488. The molecule has 0 spiro atoms. The fourth-order valence-electron chi connectivity index (χ4n) is 2.98. The molecule has 1 saturated carbocycles. The van der Waals surface area contributed by atoms with E-state index in [0.717, 1.165) is 9.21 Å². The third-order valence-electron chi connectivity index (χ3n) is 4.76. The molecule has 6 nitrogen and oxygen atoms in total. The Morgan fingerprint density at radius 1 is 1.17 bits per heavy atom. The van der Waals surface area contributed by atoms with Gasteiger partial charge in [0.1, 0.15) is 5.75 Å². The van der Waals surface area contributed by atoms with E-state index in [1.165, 1.54) is 38.4 Å². The Labute approximate surface area is 168 Å². The van der Waals surface area contributed by atoms with Crippen molar-refractivity contribution in [3.63, 3.8) is 0 Å². The van der Waals surface area contributed by atoms with E-state index in [2.05, 4.69) is 0 Å². The van der Waals surface area contributed by atoms with Gasteiger partial charge in [-0.1, -0.05) is 6.07 Å². The molecule has 0 unspecified atom stereocenters. The van der Waals surface area contributed by atoms with Crippen molar-refractivity contribution >= 4 is 21.6 Å². The predicted molar refractivity (Wildman–Crippen MR) is 105 cm³/mol. The van der Waals surface area contributed by atoms with Crippen molar-refractivity contribution in [2.75, 3.05) is 25.0 Å². The minimum atomic E-state index is -3.95. The number of hydrogen-bond donors (Lipinski definition) is 0. The summed E-state index contributed by atoms with van der Waals surface area (Å²) < 4.78 is 57.9. The number of benzene rings is 2. The third kappa shape index (κ3) is 4.67. The first kappa shape index (κ1) is 21.0. The normalized spacial score (nSPS) is 14.0. The molecule has 2 aromatic rings. The Balaban J connectivity index is 1.87. The van der Waals surface area contributed by atoms with E-state index in [1.54, 1.807) is 24.3 Å². The van der Waals surface area contributed by atoms with E-state index in [9.17, 15) is 22.0 Å². The quantitative estimate of drug-likeness (QED) is 0.652. The second kappa shape index (κ2) is 8.36. The Hall–Kier alpha value is -2.68. The van der Waals surface area contributed by atoms with Crippen LogP contribution in [0.3, 0.4) is 0 Å². The molecule has 0 atom stereocenters. The molecule has 29 heavy (non-hydrogen) atoms. The van der Waals surface area contributed by atoms with Crippen LogP contribution in [0, 0.1) is 0 Å². The molecule has 0 heterocycles.